The molecule has 2 aliphatic carbocycles. The standard InChI is InChI=1S/C16H26OS/c1-3-4-11-18-12-13-8-9-14-7-5-6-10-16(14,2)15(13)17/h12,14H,3-11H2,1-2H3/b13-12+. The first-order valence-electron chi connectivity index (χ1n) is 7.54. The Bertz CT molecular complexity index is 334. The predicted octanol–water partition coefficient (Wildman–Crippen LogP) is 4.96. The molecule has 0 heterocycles. The van der Waals surface area contributed by atoms with Gasteiger partial charge in [-0.25, -0.2) is 0 Å². The zero-order chi connectivity index (χ0) is 13.0. The maximum absolute atomic E-state index is 12.7. The molecular formula is C16H26OS. The van der Waals surface area contributed by atoms with Crippen molar-refractivity contribution in [3.05, 3.63) is 11.0 Å². The van der Waals surface area contributed by atoms with Crippen LogP contribution < -0.4 is 0 Å². The summed E-state index contributed by atoms with van der Waals surface area (Å²) in [5, 5.41) is 2.17. The third-order valence-electron chi connectivity index (χ3n) is 4.81. The maximum Gasteiger partial charge on any atom is 0.165 e. The van der Waals surface area contributed by atoms with Crippen molar-refractivity contribution in [3.63, 3.8) is 0 Å². The van der Waals surface area contributed by atoms with Gasteiger partial charge in [-0.3, -0.25) is 4.79 Å². The van der Waals surface area contributed by atoms with Gasteiger partial charge in [-0.05, 0) is 49.2 Å². The summed E-state index contributed by atoms with van der Waals surface area (Å²) in [4.78, 5) is 12.7. The van der Waals surface area contributed by atoms with E-state index in [-0.39, 0.29) is 5.41 Å². The molecule has 0 aromatic heterocycles. The summed E-state index contributed by atoms with van der Waals surface area (Å²) in [6.45, 7) is 4.44. The highest BCUT2D eigenvalue weighted by atomic mass is 32.2. The van der Waals surface area contributed by atoms with Crippen LogP contribution in [0.4, 0.5) is 0 Å². The normalized spacial score (nSPS) is 34.7. The highest BCUT2D eigenvalue weighted by molar-refractivity contribution is 8.02. The molecule has 0 bridgehead atoms. The number of hydrogen-bond donors (Lipinski definition) is 0. The van der Waals surface area contributed by atoms with Gasteiger partial charge in [-0.15, -0.1) is 11.8 Å². The van der Waals surface area contributed by atoms with Gasteiger partial charge in [0.05, 0.1) is 0 Å². The molecule has 2 heteroatoms. The van der Waals surface area contributed by atoms with Crippen LogP contribution in [0.3, 0.4) is 0 Å². The van der Waals surface area contributed by atoms with Gasteiger partial charge in [0.25, 0.3) is 0 Å². The quantitative estimate of drug-likeness (QED) is 0.528. The molecule has 0 amide bonds. The molecule has 0 saturated heterocycles. The number of allylic oxidation sites excluding steroid dienone is 1. The Morgan fingerprint density at radius 2 is 2.22 bits per heavy atom. The van der Waals surface area contributed by atoms with Crippen LogP contribution in [0.1, 0.15) is 65.2 Å². The molecule has 2 unspecified atom stereocenters. The molecule has 2 aliphatic rings. The van der Waals surface area contributed by atoms with E-state index < -0.39 is 0 Å². The minimum Gasteiger partial charge on any atom is -0.294 e. The van der Waals surface area contributed by atoms with E-state index in [1.807, 2.05) is 11.8 Å². The van der Waals surface area contributed by atoms with Crippen molar-refractivity contribution in [1.29, 1.82) is 0 Å². The van der Waals surface area contributed by atoms with Crippen LogP contribution in [0.2, 0.25) is 0 Å². The van der Waals surface area contributed by atoms with Crippen LogP contribution in [-0.2, 0) is 4.79 Å². The van der Waals surface area contributed by atoms with E-state index in [0.717, 1.165) is 24.2 Å². The van der Waals surface area contributed by atoms with E-state index in [1.54, 1.807) is 0 Å². The Kier molecular flexibility index (Phi) is 4.94. The highest BCUT2D eigenvalue weighted by Crippen LogP contribution is 2.49. The smallest absolute Gasteiger partial charge is 0.165 e. The number of hydrogen-bond acceptors (Lipinski definition) is 2. The Morgan fingerprint density at radius 3 is 3.00 bits per heavy atom. The van der Waals surface area contributed by atoms with Crippen molar-refractivity contribution < 1.29 is 4.79 Å². The van der Waals surface area contributed by atoms with Gasteiger partial charge in [0, 0.05) is 11.0 Å². The fourth-order valence-electron chi connectivity index (χ4n) is 3.48. The largest absolute Gasteiger partial charge is 0.294 e. The lowest BCUT2D eigenvalue weighted by Crippen LogP contribution is -2.42. The molecule has 2 fully saturated rings. The molecule has 102 valence electrons. The molecule has 0 aromatic carbocycles. The average Bonchev–Trinajstić information content (AvgIpc) is 2.38. The number of carbonyl (C=O) groups excluding carboxylic acids is 1. The maximum atomic E-state index is 12.7. The number of carbonyl (C=O) groups is 1. The molecule has 1 nitrogen and oxygen atoms in total. The Balaban J connectivity index is 2.00. The molecule has 2 atom stereocenters. The first-order valence-corrected chi connectivity index (χ1v) is 8.59. The summed E-state index contributed by atoms with van der Waals surface area (Å²) in [6.07, 6.45) is 9.73. The summed E-state index contributed by atoms with van der Waals surface area (Å²) in [6, 6.07) is 0. The first kappa shape index (κ1) is 14.2. The third-order valence-corrected chi connectivity index (χ3v) is 5.79. The lowest BCUT2D eigenvalue weighted by atomic mass is 9.59. The molecular weight excluding hydrogens is 240 g/mol. The van der Waals surface area contributed by atoms with Gasteiger partial charge >= 0.3 is 0 Å². The number of Topliss-reactive ketones (excluding diaryl/α,β-unsaturated/α-hetero) is 1. The van der Waals surface area contributed by atoms with Crippen LogP contribution in [-0.4, -0.2) is 11.5 Å². The van der Waals surface area contributed by atoms with Crippen molar-refractivity contribution in [1.82, 2.24) is 0 Å². The summed E-state index contributed by atoms with van der Waals surface area (Å²) in [5.74, 6) is 2.30. The van der Waals surface area contributed by atoms with Crippen LogP contribution in [0.15, 0.2) is 11.0 Å². The van der Waals surface area contributed by atoms with Crippen molar-refractivity contribution in [3.8, 4) is 0 Å². The van der Waals surface area contributed by atoms with Crippen molar-refractivity contribution in [2.45, 2.75) is 65.2 Å². The van der Waals surface area contributed by atoms with E-state index in [0.29, 0.717) is 11.7 Å². The molecule has 18 heavy (non-hydrogen) atoms. The second-order valence-corrected chi connectivity index (χ2v) is 7.07. The van der Waals surface area contributed by atoms with Crippen molar-refractivity contribution >= 4 is 17.5 Å². The van der Waals surface area contributed by atoms with E-state index in [2.05, 4.69) is 19.3 Å². The van der Waals surface area contributed by atoms with Gasteiger partial charge in [0.2, 0.25) is 0 Å². The van der Waals surface area contributed by atoms with Gasteiger partial charge in [-0.2, -0.15) is 0 Å². The van der Waals surface area contributed by atoms with Crippen LogP contribution in [0.5, 0.6) is 0 Å². The van der Waals surface area contributed by atoms with E-state index in [9.17, 15) is 4.79 Å². The van der Waals surface area contributed by atoms with Gasteiger partial charge in [-0.1, -0.05) is 33.1 Å². The predicted molar refractivity (Wildman–Crippen MR) is 79.8 cm³/mol. The van der Waals surface area contributed by atoms with Gasteiger partial charge in [0.15, 0.2) is 5.78 Å². The van der Waals surface area contributed by atoms with E-state index in [1.165, 1.54) is 38.5 Å². The number of unbranched alkanes of at least 4 members (excludes halogenated alkanes) is 1. The van der Waals surface area contributed by atoms with Crippen LogP contribution in [0, 0.1) is 11.3 Å². The van der Waals surface area contributed by atoms with Crippen LogP contribution >= 0.6 is 11.8 Å². The summed E-state index contributed by atoms with van der Waals surface area (Å²) in [5.41, 5.74) is 1.10. The average molecular weight is 266 g/mol. The van der Waals surface area contributed by atoms with Crippen molar-refractivity contribution in [2.24, 2.45) is 11.3 Å². The Morgan fingerprint density at radius 1 is 1.39 bits per heavy atom. The number of fused-ring (bicyclic) bond motifs is 1. The summed E-state index contributed by atoms with van der Waals surface area (Å²) >= 11 is 1.84. The molecule has 0 aliphatic heterocycles. The molecule has 2 saturated carbocycles. The summed E-state index contributed by atoms with van der Waals surface area (Å²) < 4.78 is 0. The topological polar surface area (TPSA) is 17.1 Å². The minimum absolute atomic E-state index is 0.0202. The number of ketones is 1. The first-order chi connectivity index (χ1) is 8.68. The zero-order valence-electron chi connectivity index (χ0n) is 11.8. The molecule has 0 radical (unpaired) electrons. The van der Waals surface area contributed by atoms with E-state index in [4.69, 9.17) is 0 Å². The number of thioether (sulfide) groups is 1. The van der Waals surface area contributed by atoms with E-state index >= 15 is 0 Å². The minimum atomic E-state index is -0.0202. The molecule has 0 spiro atoms. The molecule has 0 aromatic rings. The highest BCUT2D eigenvalue weighted by Gasteiger charge is 2.46. The molecule has 2 rings (SSSR count). The third kappa shape index (κ3) is 2.84. The fourth-order valence-corrected chi connectivity index (χ4v) is 4.48. The van der Waals surface area contributed by atoms with Crippen molar-refractivity contribution in [2.75, 3.05) is 5.75 Å². The SMILES string of the molecule is CCCCS/C=C1\CCC2CCCCC2(C)C1=O. The lowest BCUT2D eigenvalue weighted by Gasteiger charge is -2.44. The Hall–Kier alpha value is -0.240. The summed E-state index contributed by atoms with van der Waals surface area (Å²) in [7, 11) is 0. The fraction of sp³-hybridized carbons (Fsp3) is 0.812. The number of rotatable bonds is 4. The second-order valence-electron chi connectivity index (χ2n) is 6.10. The van der Waals surface area contributed by atoms with Crippen LogP contribution in [0.25, 0.3) is 0 Å². The van der Waals surface area contributed by atoms with Gasteiger partial charge < -0.3 is 0 Å². The second kappa shape index (κ2) is 6.27. The monoisotopic (exact) mass is 266 g/mol. The lowest BCUT2D eigenvalue weighted by molar-refractivity contribution is -0.131. The molecule has 0 N–H and O–H groups in total. The Labute approximate surface area is 116 Å². The van der Waals surface area contributed by atoms with Gasteiger partial charge in [0.1, 0.15) is 0 Å². The zero-order valence-corrected chi connectivity index (χ0v) is 12.7.